The van der Waals surface area contributed by atoms with Crippen molar-refractivity contribution in [3.63, 3.8) is 0 Å². The lowest BCUT2D eigenvalue weighted by atomic mass is 9.96. The molecule has 0 aliphatic carbocycles. The van der Waals surface area contributed by atoms with Crippen LogP contribution in [0.15, 0.2) is 48.5 Å². The molecule has 0 saturated heterocycles. The van der Waals surface area contributed by atoms with Gasteiger partial charge in [-0.2, -0.15) is 0 Å². The van der Waals surface area contributed by atoms with Crippen LogP contribution in [0, 0.1) is 0 Å². The number of likely N-dealkylation sites (N-methyl/N-ethyl adjacent to an activating group) is 2. The van der Waals surface area contributed by atoms with Crippen molar-refractivity contribution in [3.8, 4) is 11.1 Å². The van der Waals surface area contributed by atoms with E-state index in [1.165, 1.54) is 0 Å². The third kappa shape index (κ3) is 6.79. The predicted octanol–water partition coefficient (Wildman–Crippen LogP) is 2.56. The third-order valence-electron chi connectivity index (χ3n) is 3.99. The zero-order chi connectivity index (χ0) is 20.5. The highest BCUT2D eigenvalue weighted by atomic mass is 16.5. The Balaban J connectivity index is 2.17. The molecule has 0 N–H and O–H groups in total. The molecule has 6 nitrogen and oxygen atoms in total. The van der Waals surface area contributed by atoms with Crippen LogP contribution in [0.3, 0.4) is 0 Å². The highest BCUT2D eigenvalue weighted by molar-refractivity contribution is 5.74. The van der Waals surface area contributed by atoms with Gasteiger partial charge < -0.3 is 9.47 Å². The summed E-state index contributed by atoms with van der Waals surface area (Å²) in [5, 5.41) is 0. The summed E-state index contributed by atoms with van der Waals surface area (Å²) in [7, 11) is 7.29. The number of esters is 2. The van der Waals surface area contributed by atoms with Crippen molar-refractivity contribution in [1.82, 2.24) is 9.80 Å². The first kappa shape index (κ1) is 21.6. The number of ether oxygens (including phenoxy) is 2. The predicted molar refractivity (Wildman–Crippen MR) is 109 cm³/mol. The van der Waals surface area contributed by atoms with Crippen molar-refractivity contribution in [2.75, 3.05) is 41.3 Å². The molecule has 0 atom stereocenters. The van der Waals surface area contributed by atoms with Crippen molar-refractivity contribution in [1.29, 1.82) is 0 Å². The first-order chi connectivity index (χ1) is 13.4. The topological polar surface area (TPSA) is 59.1 Å². The lowest BCUT2D eigenvalue weighted by Gasteiger charge is -2.16. The lowest BCUT2D eigenvalue weighted by Crippen LogP contribution is -2.23. The molecule has 0 amide bonds. The monoisotopic (exact) mass is 384 g/mol. The van der Waals surface area contributed by atoms with E-state index in [1.54, 1.807) is 9.80 Å². The van der Waals surface area contributed by atoms with E-state index in [0.29, 0.717) is 0 Å². The van der Waals surface area contributed by atoms with Gasteiger partial charge in [0.15, 0.2) is 0 Å². The van der Waals surface area contributed by atoms with Gasteiger partial charge in [-0.1, -0.05) is 48.5 Å². The van der Waals surface area contributed by atoms with Gasteiger partial charge in [-0.15, -0.1) is 0 Å². The number of carbonyl (C=O) groups excluding carboxylic acids is 2. The second-order valence-corrected chi connectivity index (χ2v) is 7.11. The maximum atomic E-state index is 11.9. The minimum atomic E-state index is -0.272. The van der Waals surface area contributed by atoms with Gasteiger partial charge in [-0.3, -0.25) is 19.4 Å². The Bertz CT molecular complexity index is 735. The lowest BCUT2D eigenvalue weighted by molar-refractivity contribution is -0.146. The minimum Gasteiger partial charge on any atom is -0.460 e. The third-order valence-corrected chi connectivity index (χ3v) is 3.99. The van der Waals surface area contributed by atoms with Crippen molar-refractivity contribution >= 4 is 11.9 Å². The van der Waals surface area contributed by atoms with Crippen molar-refractivity contribution in [2.45, 2.75) is 13.2 Å². The van der Waals surface area contributed by atoms with Crippen LogP contribution in [-0.2, 0) is 32.3 Å². The first-order valence-electron chi connectivity index (χ1n) is 9.13. The van der Waals surface area contributed by atoms with E-state index in [1.807, 2.05) is 76.7 Å². The molecule has 0 aliphatic heterocycles. The average Bonchev–Trinajstić information content (AvgIpc) is 2.64. The molecule has 150 valence electrons. The van der Waals surface area contributed by atoms with Crippen LogP contribution in [0.1, 0.15) is 11.1 Å². The summed E-state index contributed by atoms with van der Waals surface area (Å²) < 4.78 is 10.8. The summed E-state index contributed by atoms with van der Waals surface area (Å²) >= 11 is 0. The van der Waals surface area contributed by atoms with Gasteiger partial charge in [0, 0.05) is 0 Å². The van der Waals surface area contributed by atoms with Gasteiger partial charge in [-0.05, 0) is 50.4 Å². The standard InChI is InChI=1S/C22H28N2O4/c1-23(2)13-21(25)27-15-17-9-5-7-11-19(17)20-12-8-6-10-18(20)16-28-22(26)14-24(3)4/h5-12H,13-16H2,1-4H3. The Kier molecular flexibility index (Phi) is 8.17. The van der Waals surface area contributed by atoms with Crippen LogP contribution < -0.4 is 0 Å². The Morgan fingerprint density at radius 2 is 1.04 bits per heavy atom. The molecule has 0 aromatic heterocycles. The van der Waals surface area contributed by atoms with E-state index in [9.17, 15) is 9.59 Å². The van der Waals surface area contributed by atoms with Crippen LogP contribution in [0.25, 0.3) is 11.1 Å². The van der Waals surface area contributed by atoms with Crippen molar-refractivity contribution in [3.05, 3.63) is 59.7 Å². The summed E-state index contributed by atoms with van der Waals surface area (Å²) in [6.45, 7) is 0.857. The molecule has 0 saturated carbocycles. The summed E-state index contributed by atoms with van der Waals surface area (Å²) in [4.78, 5) is 27.3. The molecule has 2 aromatic carbocycles. The largest absolute Gasteiger partial charge is 0.460 e. The van der Waals surface area contributed by atoms with E-state index >= 15 is 0 Å². The van der Waals surface area contributed by atoms with Gasteiger partial charge in [0.1, 0.15) is 13.2 Å². The number of rotatable bonds is 9. The molecule has 2 aromatic rings. The fraction of sp³-hybridized carbons (Fsp3) is 0.364. The molecule has 0 spiro atoms. The Morgan fingerprint density at radius 3 is 1.39 bits per heavy atom. The highest BCUT2D eigenvalue weighted by Gasteiger charge is 2.13. The Labute approximate surface area is 166 Å². The molecule has 28 heavy (non-hydrogen) atoms. The van der Waals surface area contributed by atoms with Gasteiger partial charge in [0.05, 0.1) is 13.1 Å². The Hall–Kier alpha value is -2.70. The maximum absolute atomic E-state index is 11.9. The molecular formula is C22H28N2O4. The fourth-order valence-corrected chi connectivity index (χ4v) is 2.74. The SMILES string of the molecule is CN(C)CC(=O)OCc1ccccc1-c1ccccc1COC(=O)CN(C)C. The zero-order valence-corrected chi connectivity index (χ0v) is 17.0. The molecule has 0 unspecified atom stereocenters. The fourth-order valence-electron chi connectivity index (χ4n) is 2.74. The molecule has 0 heterocycles. The van der Waals surface area contributed by atoms with E-state index in [-0.39, 0.29) is 38.2 Å². The number of nitrogens with zero attached hydrogens (tertiary/aromatic N) is 2. The second-order valence-electron chi connectivity index (χ2n) is 7.11. The van der Waals surface area contributed by atoms with Crippen LogP contribution in [-0.4, -0.2) is 63.0 Å². The van der Waals surface area contributed by atoms with Crippen LogP contribution in [0.2, 0.25) is 0 Å². The highest BCUT2D eigenvalue weighted by Crippen LogP contribution is 2.28. The van der Waals surface area contributed by atoms with Gasteiger partial charge in [-0.25, -0.2) is 0 Å². The smallest absolute Gasteiger partial charge is 0.320 e. The van der Waals surface area contributed by atoms with E-state index in [2.05, 4.69) is 0 Å². The summed E-state index contributed by atoms with van der Waals surface area (Å²) in [6, 6.07) is 15.5. The van der Waals surface area contributed by atoms with Gasteiger partial charge in [0.25, 0.3) is 0 Å². The van der Waals surface area contributed by atoms with E-state index < -0.39 is 0 Å². The second kappa shape index (κ2) is 10.6. The van der Waals surface area contributed by atoms with Crippen molar-refractivity contribution < 1.29 is 19.1 Å². The summed E-state index contributed by atoms with van der Waals surface area (Å²) in [5.74, 6) is -0.545. The normalized spacial score (nSPS) is 10.9. The number of hydrogen-bond acceptors (Lipinski definition) is 6. The molecule has 0 fully saturated rings. The van der Waals surface area contributed by atoms with E-state index in [0.717, 1.165) is 22.3 Å². The van der Waals surface area contributed by atoms with Crippen LogP contribution >= 0.6 is 0 Å². The van der Waals surface area contributed by atoms with E-state index in [4.69, 9.17) is 9.47 Å². The number of benzene rings is 2. The maximum Gasteiger partial charge on any atom is 0.320 e. The molecule has 0 bridgehead atoms. The van der Waals surface area contributed by atoms with Crippen molar-refractivity contribution in [2.24, 2.45) is 0 Å². The minimum absolute atomic E-state index is 0.192. The first-order valence-corrected chi connectivity index (χ1v) is 9.13. The molecular weight excluding hydrogens is 356 g/mol. The Morgan fingerprint density at radius 1 is 0.679 bits per heavy atom. The van der Waals surface area contributed by atoms with Crippen LogP contribution in [0.4, 0.5) is 0 Å². The zero-order valence-electron chi connectivity index (χ0n) is 17.0. The molecule has 0 aliphatic rings. The molecule has 0 radical (unpaired) electrons. The number of carbonyl (C=O) groups is 2. The summed E-state index contributed by atoms with van der Waals surface area (Å²) in [5.41, 5.74) is 3.72. The summed E-state index contributed by atoms with van der Waals surface area (Å²) in [6.07, 6.45) is 0. The molecule has 6 heteroatoms. The average molecular weight is 384 g/mol. The number of hydrogen-bond donors (Lipinski definition) is 0. The molecule has 2 rings (SSSR count). The van der Waals surface area contributed by atoms with Gasteiger partial charge in [0.2, 0.25) is 0 Å². The van der Waals surface area contributed by atoms with Crippen LogP contribution in [0.5, 0.6) is 0 Å². The van der Waals surface area contributed by atoms with Gasteiger partial charge >= 0.3 is 11.9 Å². The quantitative estimate of drug-likeness (QED) is 0.620.